The number of hydrogen-bond donors (Lipinski definition) is 2. The zero-order valence-corrected chi connectivity index (χ0v) is 38.1. The molecule has 2 heterocycles. The van der Waals surface area contributed by atoms with Gasteiger partial charge in [-0.15, -0.1) is 0 Å². The van der Waals surface area contributed by atoms with Crippen LogP contribution >= 0.6 is 0 Å². The average Bonchev–Trinajstić information content (AvgIpc) is 4.08. The van der Waals surface area contributed by atoms with Gasteiger partial charge >= 0.3 is 0 Å². The highest BCUT2D eigenvalue weighted by Gasteiger charge is 2.31. The van der Waals surface area contributed by atoms with Crippen molar-refractivity contribution in [3.8, 4) is 69.3 Å². The molecule has 0 unspecified atom stereocenters. The molecule has 0 aliphatic heterocycles. The first-order valence-corrected chi connectivity index (χ1v) is 24.3. The summed E-state index contributed by atoms with van der Waals surface area (Å²) in [6.45, 7) is 8.81. The lowest BCUT2D eigenvalue weighted by Gasteiger charge is -2.14. The summed E-state index contributed by atoms with van der Waals surface area (Å²) >= 11 is 0. The maximum Gasteiger partial charge on any atom is 0.258 e. The summed E-state index contributed by atoms with van der Waals surface area (Å²) in [6, 6.07) is 25.1. The molecule has 2 atom stereocenters. The van der Waals surface area contributed by atoms with Gasteiger partial charge in [0.05, 0.1) is 29.6 Å². The number of aromatic nitrogens is 4. The number of carbonyl (C=O) groups is 1. The number of ketones is 1. The van der Waals surface area contributed by atoms with Gasteiger partial charge in [0.2, 0.25) is 31.7 Å². The molecule has 4 aromatic carbocycles. The van der Waals surface area contributed by atoms with Gasteiger partial charge in [-0.2, -0.15) is 20.5 Å². The van der Waals surface area contributed by atoms with Crippen LogP contribution in [0.1, 0.15) is 92.9 Å². The lowest BCUT2D eigenvalue weighted by Crippen LogP contribution is -2.31. The van der Waals surface area contributed by atoms with E-state index in [4.69, 9.17) is 18.5 Å². The molecule has 2 aliphatic rings. The van der Waals surface area contributed by atoms with Crippen LogP contribution in [0.2, 0.25) is 0 Å². The van der Waals surface area contributed by atoms with Crippen molar-refractivity contribution < 1.29 is 40.2 Å². The summed E-state index contributed by atoms with van der Waals surface area (Å²) in [4.78, 5) is 20.3. The van der Waals surface area contributed by atoms with Crippen molar-refractivity contribution in [2.75, 3.05) is 12.0 Å². The monoisotopic (exact) mass is 918 g/mol. The molecule has 0 fully saturated rings. The van der Waals surface area contributed by atoms with Gasteiger partial charge in [0.25, 0.3) is 11.8 Å². The maximum atomic E-state index is 12.3. The van der Waals surface area contributed by atoms with Crippen LogP contribution in [-0.2, 0) is 37.7 Å². The summed E-state index contributed by atoms with van der Waals surface area (Å²) < 4.78 is 75.4. The minimum absolute atomic E-state index is 0.0471. The number of carbonyl (C=O) groups excluding carboxylic acids is 1. The zero-order chi connectivity index (χ0) is 46.6. The van der Waals surface area contributed by atoms with E-state index in [1.807, 2.05) is 64.1 Å². The highest BCUT2D eigenvalue weighted by molar-refractivity contribution is 7.90. The topological polar surface area (TPSA) is 253 Å². The molecular weight excluding hydrogens is 873 g/mol. The van der Waals surface area contributed by atoms with Crippen molar-refractivity contribution in [3.63, 3.8) is 0 Å². The van der Waals surface area contributed by atoms with Gasteiger partial charge in [-0.3, -0.25) is 4.79 Å². The first-order valence-electron chi connectivity index (χ1n) is 20.7. The Balaban J connectivity index is 0.000000195. The van der Waals surface area contributed by atoms with Crippen molar-refractivity contribution >= 4 is 25.8 Å². The molecule has 0 amide bonds. The Bertz CT molecular complexity index is 3080. The molecule has 6 aromatic rings. The Kier molecular flexibility index (Phi) is 13.6. The summed E-state index contributed by atoms with van der Waals surface area (Å²) in [7, 11) is -7.03. The third-order valence-corrected chi connectivity index (χ3v) is 12.5. The van der Waals surface area contributed by atoms with Crippen molar-refractivity contribution in [1.29, 1.82) is 10.5 Å². The third-order valence-electron chi connectivity index (χ3n) is 10.4. The summed E-state index contributed by atoms with van der Waals surface area (Å²) in [6.07, 6.45) is 3.63. The lowest BCUT2D eigenvalue weighted by molar-refractivity contribution is -0.114. The molecule has 0 saturated carbocycles. The van der Waals surface area contributed by atoms with Crippen LogP contribution in [0.15, 0.2) is 81.8 Å². The van der Waals surface area contributed by atoms with Gasteiger partial charge in [0, 0.05) is 34.3 Å². The van der Waals surface area contributed by atoms with E-state index in [1.165, 1.54) is 6.92 Å². The number of nitrogens with one attached hydrogen (secondary N) is 2. The third kappa shape index (κ3) is 11.0. The number of sulfonamides is 2. The van der Waals surface area contributed by atoms with Gasteiger partial charge in [-0.05, 0) is 119 Å². The van der Waals surface area contributed by atoms with Crippen LogP contribution in [0.4, 0.5) is 0 Å². The quantitative estimate of drug-likeness (QED) is 0.110. The van der Waals surface area contributed by atoms with E-state index in [1.54, 1.807) is 36.4 Å². The predicted molar refractivity (Wildman–Crippen MR) is 239 cm³/mol. The van der Waals surface area contributed by atoms with Gasteiger partial charge in [0.15, 0.2) is 0 Å². The standard InChI is InChI=1S/C24H24N4O5S.C22H22N4O4S/c1-14(2)32-22-10-7-16(11-17(22)12-25)24-26-23(27-33-24)20-6-4-5-19-18(20)8-9-21(19)28-34(30,31)13-15(3)29;1-13(2)29-20-10-7-14(11-15(20)12-23)22-24-21(25-30-22)18-6-4-5-17-16(18)8-9-19(17)26-31(3,27)28/h4-7,10-11,14,21,28H,8-9,13H2,1-3H3;4-7,10-11,13,19,26H,8-9H2,1-3H3/t21-;19-/m00/s1. The number of benzene rings is 4. The first kappa shape index (κ1) is 46.2. The predicted octanol–water partition coefficient (Wildman–Crippen LogP) is 7.16. The molecule has 2 N–H and O–H groups in total. The van der Waals surface area contributed by atoms with Gasteiger partial charge in [0.1, 0.15) is 35.2 Å². The molecule has 19 heteroatoms. The molecule has 17 nitrogen and oxygen atoms in total. The van der Waals surface area contributed by atoms with Crippen LogP contribution in [0.3, 0.4) is 0 Å². The minimum atomic E-state index is -3.72. The highest BCUT2D eigenvalue weighted by atomic mass is 32.2. The molecule has 65 heavy (non-hydrogen) atoms. The van der Waals surface area contributed by atoms with Crippen LogP contribution < -0.4 is 18.9 Å². The van der Waals surface area contributed by atoms with E-state index in [0.29, 0.717) is 77.0 Å². The second-order valence-electron chi connectivity index (χ2n) is 16.2. The lowest BCUT2D eigenvalue weighted by atomic mass is 10.0. The largest absolute Gasteiger partial charge is 0.490 e. The fraction of sp³-hybridized carbons (Fsp3) is 0.326. The van der Waals surface area contributed by atoms with E-state index in [0.717, 1.165) is 39.6 Å². The van der Waals surface area contributed by atoms with E-state index < -0.39 is 37.6 Å². The molecule has 8 rings (SSSR count). The number of hydrogen-bond acceptors (Lipinski definition) is 15. The minimum Gasteiger partial charge on any atom is -0.490 e. The van der Waals surface area contributed by atoms with Gasteiger partial charge in [-0.25, -0.2) is 26.3 Å². The Morgan fingerprint density at radius 1 is 0.723 bits per heavy atom. The summed E-state index contributed by atoms with van der Waals surface area (Å²) in [5, 5.41) is 27.2. The van der Waals surface area contributed by atoms with Crippen LogP contribution in [0.5, 0.6) is 11.5 Å². The second-order valence-corrected chi connectivity index (χ2v) is 19.8. The van der Waals surface area contributed by atoms with Crippen molar-refractivity contribution in [2.24, 2.45) is 0 Å². The van der Waals surface area contributed by atoms with Crippen molar-refractivity contribution in [1.82, 2.24) is 29.7 Å². The number of fused-ring (bicyclic) bond motifs is 2. The number of rotatable bonds is 14. The van der Waals surface area contributed by atoms with E-state index >= 15 is 0 Å². The first-order chi connectivity index (χ1) is 30.9. The highest BCUT2D eigenvalue weighted by Crippen LogP contribution is 2.40. The SMILES string of the molecule is CC(=O)CS(=O)(=O)N[C@H]1CCc2c(-c3noc(-c4ccc(OC(C)C)c(C#N)c4)n3)cccc21.CC(C)Oc1ccc(-c2nc(-c3cccc4c3CC[C@@H]4NS(C)(=O)=O)no2)cc1C#N. The fourth-order valence-corrected chi connectivity index (χ4v) is 9.93. The van der Waals surface area contributed by atoms with Gasteiger partial charge < -0.3 is 18.5 Å². The summed E-state index contributed by atoms with van der Waals surface area (Å²) in [5.41, 5.74) is 7.23. The van der Waals surface area contributed by atoms with E-state index in [9.17, 15) is 32.2 Å². The van der Waals surface area contributed by atoms with Crippen LogP contribution in [-0.4, -0.2) is 67.1 Å². The Morgan fingerprint density at radius 2 is 1.17 bits per heavy atom. The van der Waals surface area contributed by atoms with E-state index in [2.05, 4.69) is 41.9 Å². The Labute approximate surface area is 376 Å². The zero-order valence-electron chi connectivity index (χ0n) is 36.4. The molecule has 0 radical (unpaired) electrons. The number of nitriles is 2. The molecular formula is C46H46N8O9S2. The number of nitrogens with zero attached hydrogens (tertiary/aromatic N) is 6. The normalized spacial score (nSPS) is 15.4. The smallest absolute Gasteiger partial charge is 0.258 e. The molecule has 0 bridgehead atoms. The van der Waals surface area contributed by atoms with Crippen LogP contribution in [0.25, 0.3) is 45.7 Å². The average molecular weight is 919 g/mol. The van der Waals surface area contributed by atoms with Crippen molar-refractivity contribution in [2.45, 2.75) is 84.6 Å². The fourth-order valence-electron chi connectivity index (χ4n) is 7.87. The van der Waals surface area contributed by atoms with Crippen LogP contribution in [0, 0.1) is 22.7 Å². The molecule has 2 aromatic heterocycles. The number of ether oxygens (including phenoxy) is 2. The number of Topliss-reactive ketones (excluding diaryl/α,β-unsaturated/α-hetero) is 1. The molecule has 0 spiro atoms. The van der Waals surface area contributed by atoms with E-state index in [-0.39, 0.29) is 24.1 Å². The molecule has 336 valence electrons. The Morgan fingerprint density at radius 3 is 1.57 bits per heavy atom. The molecule has 0 saturated heterocycles. The second kappa shape index (κ2) is 19.1. The molecule has 2 aliphatic carbocycles. The Hall–Kier alpha value is -6.77. The van der Waals surface area contributed by atoms with Gasteiger partial charge in [-0.1, -0.05) is 46.7 Å². The summed E-state index contributed by atoms with van der Waals surface area (Å²) in [5.74, 6) is 1.39. The van der Waals surface area contributed by atoms with Crippen molar-refractivity contribution in [3.05, 3.63) is 106 Å². The maximum absolute atomic E-state index is 12.3.